The first kappa shape index (κ1) is 25.1. The van der Waals surface area contributed by atoms with E-state index >= 15 is 0 Å². The lowest BCUT2D eigenvalue weighted by atomic mass is 9.82. The first-order chi connectivity index (χ1) is 16.3. The summed E-state index contributed by atoms with van der Waals surface area (Å²) in [5, 5.41) is 16.7. The number of nitrogens with one attached hydrogen (secondary N) is 2. The molecule has 2 aromatic rings. The second-order valence-corrected chi connectivity index (χ2v) is 8.83. The summed E-state index contributed by atoms with van der Waals surface area (Å²) in [7, 11) is 1.28. The highest BCUT2D eigenvalue weighted by molar-refractivity contribution is 8.03. The van der Waals surface area contributed by atoms with Crippen LogP contribution in [0.25, 0.3) is 0 Å². The predicted molar refractivity (Wildman–Crippen MR) is 132 cm³/mol. The van der Waals surface area contributed by atoms with Gasteiger partial charge in [-0.3, -0.25) is 9.59 Å². The highest BCUT2D eigenvalue weighted by Crippen LogP contribution is 2.43. The summed E-state index contributed by atoms with van der Waals surface area (Å²) in [6.07, 6.45) is 0. The van der Waals surface area contributed by atoms with Crippen molar-refractivity contribution in [1.82, 2.24) is 5.32 Å². The Kier molecular flexibility index (Phi) is 8.16. The van der Waals surface area contributed by atoms with Crippen LogP contribution in [0.5, 0.6) is 0 Å². The molecule has 1 aliphatic heterocycles. The maximum absolute atomic E-state index is 12.6. The number of ketones is 1. The van der Waals surface area contributed by atoms with Crippen LogP contribution in [0, 0.1) is 11.3 Å². The Balaban J connectivity index is 1.86. The third-order valence-electron chi connectivity index (χ3n) is 5.19. The van der Waals surface area contributed by atoms with Crippen LogP contribution in [0.15, 0.2) is 70.4 Å². The predicted octanol–water partition coefficient (Wildman–Crippen LogP) is 4.78. The molecule has 0 spiro atoms. The van der Waals surface area contributed by atoms with Crippen molar-refractivity contribution in [1.29, 1.82) is 5.26 Å². The van der Waals surface area contributed by atoms with Gasteiger partial charge in [-0.2, -0.15) is 5.26 Å². The van der Waals surface area contributed by atoms with Gasteiger partial charge in [-0.05, 0) is 49.7 Å². The summed E-state index contributed by atoms with van der Waals surface area (Å²) >= 11 is 7.56. The van der Waals surface area contributed by atoms with E-state index in [0.29, 0.717) is 32.6 Å². The fourth-order valence-electron chi connectivity index (χ4n) is 3.55. The average Bonchev–Trinajstić information content (AvgIpc) is 2.82. The monoisotopic (exact) mass is 495 g/mol. The Hall–Kier alpha value is -3.54. The Morgan fingerprint density at radius 1 is 1.18 bits per heavy atom. The maximum atomic E-state index is 12.6. The van der Waals surface area contributed by atoms with Crippen molar-refractivity contribution in [3.63, 3.8) is 0 Å². The normalized spacial score (nSPS) is 15.3. The zero-order valence-electron chi connectivity index (χ0n) is 18.8. The van der Waals surface area contributed by atoms with Crippen molar-refractivity contribution in [3.05, 3.63) is 86.6 Å². The number of Topliss-reactive ketones (excluding diaryl/α,β-unsaturated/α-hetero) is 1. The van der Waals surface area contributed by atoms with E-state index in [-0.39, 0.29) is 28.6 Å². The standard InChI is InChI=1S/C25H22ClN3O4S/c1-14-22(25(32)33-3)23(18-6-4-5-7-20(18)26)19(12-27)24(28-14)34-13-21(31)29-17-10-8-16(9-11-17)15(2)30/h4-11,23,28H,13H2,1-3H3,(H,29,31). The van der Waals surface area contributed by atoms with Gasteiger partial charge in [0.15, 0.2) is 5.78 Å². The number of esters is 1. The van der Waals surface area contributed by atoms with E-state index in [1.54, 1.807) is 55.5 Å². The zero-order chi connectivity index (χ0) is 24.8. The number of anilines is 1. The Labute approximate surface area is 206 Å². The largest absolute Gasteiger partial charge is 0.466 e. The first-order valence-electron chi connectivity index (χ1n) is 10.2. The van der Waals surface area contributed by atoms with Gasteiger partial charge in [-0.15, -0.1) is 0 Å². The number of thioether (sulfide) groups is 1. The summed E-state index contributed by atoms with van der Waals surface area (Å²) in [5.41, 5.74) is 2.76. The number of nitrogens with zero attached hydrogens (tertiary/aromatic N) is 1. The van der Waals surface area contributed by atoms with E-state index in [4.69, 9.17) is 16.3 Å². The van der Waals surface area contributed by atoms with Gasteiger partial charge >= 0.3 is 5.97 Å². The van der Waals surface area contributed by atoms with E-state index in [1.165, 1.54) is 14.0 Å². The molecule has 34 heavy (non-hydrogen) atoms. The van der Waals surface area contributed by atoms with Gasteiger partial charge in [0.25, 0.3) is 0 Å². The molecule has 0 bridgehead atoms. The van der Waals surface area contributed by atoms with Crippen LogP contribution < -0.4 is 10.6 Å². The van der Waals surface area contributed by atoms with Crippen molar-refractivity contribution in [3.8, 4) is 6.07 Å². The molecule has 7 nitrogen and oxygen atoms in total. The smallest absolute Gasteiger partial charge is 0.336 e. The second-order valence-electron chi connectivity index (χ2n) is 7.43. The molecule has 1 aliphatic rings. The zero-order valence-corrected chi connectivity index (χ0v) is 20.3. The molecule has 2 N–H and O–H groups in total. The number of carbonyl (C=O) groups excluding carboxylic acids is 3. The van der Waals surface area contributed by atoms with Crippen molar-refractivity contribution >= 4 is 46.7 Å². The molecule has 3 rings (SSSR count). The number of allylic oxidation sites excluding steroid dienone is 2. The average molecular weight is 496 g/mol. The third-order valence-corrected chi connectivity index (χ3v) is 6.55. The van der Waals surface area contributed by atoms with Crippen molar-refractivity contribution < 1.29 is 19.1 Å². The number of nitriles is 1. The Bertz CT molecular complexity index is 1250. The summed E-state index contributed by atoms with van der Waals surface area (Å²) in [6.45, 7) is 3.18. The molecule has 174 valence electrons. The van der Waals surface area contributed by atoms with Gasteiger partial charge < -0.3 is 15.4 Å². The number of ether oxygens (including phenoxy) is 1. The van der Waals surface area contributed by atoms with E-state index in [1.807, 2.05) is 0 Å². The van der Waals surface area contributed by atoms with E-state index < -0.39 is 11.9 Å². The topological polar surface area (TPSA) is 108 Å². The number of carbonyl (C=O) groups is 3. The summed E-state index contributed by atoms with van der Waals surface area (Å²) < 4.78 is 4.96. The Morgan fingerprint density at radius 3 is 2.44 bits per heavy atom. The van der Waals surface area contributed by atoms with E-state index in [2.05, 4.69) is 16.7 Å². The summed E-state index contributed by atoms with van der Waals surface area (Å²) in [5.74, 6) is -1.65. The van der Waals surface area contributed by atoms with Crippen molar-refractivity contribution in [2.75, 3.05) is 18.2 Å². The van der Waals surface area contributed by atoms with E-state index in [0.717, 1.165) is 11.8 Å². The lowest BCUT2D eigenvalue weighted by molar-refractivity contribution is -0.136. The van der Waals surface area contributed by atoms with Crippen LogP contribution in [0.3, 0.4) is 0 Å². The number of rotatable bonds is 7. The van der Waals surface area contributed by atoms with Gasteiger partial charge in [0.2, 0.25) is 5.91 Å². The van der Waals surface area contributed by atoms with Gasteiger partial charge in [0.05, 0.1) is 41.0 Å². The number of hydrogen-bond acceptors (Lipinski definition) is 7. The molecule has 0 aliphatic carbocycles. The quantitative estimate of drug-likeness (QED) is 0.420. The second kappa shape index (κ2) is 11.1. The van der Waals surface area contributed by atoms with Crippen LogP contribution in [0.1, 0.15) is 35.7 Å². The van der Waals surface area contributed by atoms with E-state index in [9.17, 15) is 19.6 Å². The van der Waals surface area contributed by atoms with Crippen LogP contribution in [0.4, 0.5) is 5.69 Å². The third kappa shape index (κ3) is 5.50. The number of hydrogen-bond donors (Lipinski definition) is 2. The molecule has 0 fully saturated rings. The highest BCUT2D eigenvalue weighted by Gasteiger charge is 2.36. The minimum Gasteiger partial charge on any atom is -0.466 e. The van der Waals surface area contributed by atoms with Gasteiger partial charge in [-0.25, -0.2) is 4.79 Å². The maximum Gasteiger partial charge on any atom is 0.336 e. The molecule has 0 saturated carbocycles. The molecule has 1 unspecified atom stereocenters. The van der Waals surface area contributed by atoms with Crippen LogP contribution in [-0.2, 0) is 14.3 Å². The molecule has 0 saturated heterocycles. The van der Waals surface area contributed by atoms with Crippen LogP contribution in [0.2, 0.25) is 5.02 Å². The number of amides is 1. The Morgan fingerprint density at radius 2 is 1.85 bits per heavy atom. The first-order valence-corrected chi connectivity index (χ1v) is 11.6. The lowest BCUT2D eigenvalue weighted by Gasteiger charge is -2.29. The van der Waals surface area contributed by atoms with Crippen LogP contribution in [-0.4, -0.2) is 30.5 Å². The fourth-order valence-corrected chi connectivity index (χ4v) is 4.69. The van der Waals surface area contributed by atoms with Crippen molar-refractivity contribution in [2.45, 2.75) is 19.8 Å². The minimum absolute atomic E-state index is 0.0120. The number of halogens is 1. The molecule has 0 aromatic heterocycles. The molecule has 0 radical (unpaired) electrons. The highest BCUT2D eigenvalue weighted by atomic mass is 35.5. The molecular weight excluding hydrogens is 474 g/mol. The minimum atomic E-state index is -0.739. The molecule has 9 heteroatoms. The number of dihydropyridines is 1. The van der Waals surface area contributed by atoms with Gasteiger partial charge in [0, 0.05) is 22.0 Å². The molecule has 1 amide bonds. The lowest BCUT2D eigenvalue weighted by Crippen LogP contribution is -2.29. The van der Waals surface area contributed by atoms with Gasteiger partial charge in [-0.1, -0.05) is 41.6 Å². The molecule has 2 aromatic carbocycles. The molecule has 1 atom stereocenters. The number of benzene rings is 2. The number of methoxy groups -OCH3 is 1. The fraction of sp³-hybridized carbons (Fsp3) is 0.200. The summed E-state index contributed by atoms with van der Waals surface area (Å²) in [6, 6.07) is 15.8. The van der Waals surface area contributed by atoms with Gasteiger partial charge in [0.1, 0.15) is 0 Å². The SMILES string of the molecule is COC(=O)C1=C(C)NC(SCC(=O)Nc2ccc(C(C)=O)cc2)=C(C#N)C1c1ccccc1Cl. The molecular formula is C25H22ClN3O4S. The summed E-state index contributed by atoms with van der Waals surface area (Å²) in [4.78, 5) is 36.5. The van der Waals surface area contributed by atoms with Crippen LogP contribution >= 0.6 is 23.4 Å². The van der Waals surface area contributed by atoms with Crippen molar-refractivity contribution in [2.24, 2.45) is 0 Å². The molecule has 1 heterocycles.